The molecule has 3 aromatic rings. The summed E-state index contributed by atoms with van der Waals surface area (Å²) in [4.78, 5) is 34.7. The van der Waals surface area contributed by atoms with E-state index in [0.29, 0.717) is 18.9 Å². The van der Waals surface area contributed by atoms with Crippen LogP contribution in [0.15, 0.2) is 58.1 Å². The minimum absolute atomic E-state index is 0.0437. The van der Waals surface area contributed by atoms with Gasteiger partial charge < -0.3 is 14.1 Å². The summed E-state index contributed by atoms with van der Waals surface area (Å²) in [5, 5.41) is 0. The molecule has 8 heteroatoms. The van der Waals surface area contributed by atoms with Crippen molar-refractivity contribution in [3.63, 3.8) is 0 Å². The average molecular weight is 408 g/mol. The number of rotatable bonds is 6. The second-order valence-electron chi connectivity index (χ2n) is 7.28. The molecule has 0 bridgehead atoms. The molecule has 0 N–H and O–H groups in total. The third-order valence-electron chi connectivity index (χ3n) is 5.33. The summed E-state index contributed by atoms with van der Waals surface area (Å²) >= 11 is 0. The zero-order valence-corrected chi connectivity index (χ0v) is 16.9. The van der Waals surface area contributed by atoms with E-state index in [9.17, 15) is 9.59 Å². The lowest BCUT2D eigenvalue weighted by Crippen LogP contribution is -2.42. The summed E-state index contributed by atoms with van der Waals surface area (Å²) in [6.07, 6.45) is 7.95. The maximum Gasteiger partial charge on any atom is 0.347 e. The topological polar surface area (TPSA) is 90.5 Å². The van der Waals surface area contributed by atoms with Gasteiger partial charge in [0.1, 0.15) is 24.1 Å². The molecule has 8 nitrogen and oxygen atoms in total. The number of carbonyl (C=O) groups is 1. The molecule has 0 unspecified atom stereocenters. The SMILES string of the molecule is COc1ccccc1Cc1cnc([C@H]2CCCCN2C(=O)Cn2cccnc2=O)o1. The van der Waals surface area contributed by atoms with Crippen LogP contribution in [0.1, 0.15) is 42.5 Å². The van der Waals surface area contributed by atoms with Crippen LogP contribution in [0.4, 0.5) is 0 Å². The zero-order valence-electron chi connectivity index (χ0n) is 16.9. The Bertz CT molecular complexity index is 1070. The molecule has 2 aromatic heterocycles. The standard InChI is InChI=1S/C22H24N4O4/c1-29-19-9-3-2-7-16(19)13-17-14-24-21(30-17)18-8-4-5-12-26(18)20(27)15-25-11-6-10-23-22(25)28/h2-3,6-7,9-11,14,18H,4-5,8,12-13,15H2,1H3/t18-/m1/s1. The maximum atomic E-state index is 12.9. The lowest BCUT2D eigenvalue weighted by molar-refractivity contribution is -0.136. The van der Waals surface area contributed by atoms with Gasteiger partial charge in [-0.1, -0.05) is 18.2 Å². The Morgan fingerprint density at radius 1 is 1.23 bits per heavy atom. The van der Waals surface area contributed by atoms with Crippen molar-refractivity contribution in [2.75, 3.05) is 13.7 Å². The molecule has 30 heavy (non-hydrogen) atoms. The van der Waals surface area contributed by atoms with E-state index in [1.54, 1.807) is 30.5 Å². The first-order chi connectivity index (χ1) is 14.7. The van der Waals surface area contributed by atoms with E-state index in [2.05, 4.69) is 9.97 Å². The van der Waals surface area contributed by atoms with Crippen LogP contribution in [0.25, 0.3) is 0 Å². The summed E-state index contributed by atoms with van der Waals surface area (Å²) in [6.45, 7) is 0.570. The second-order valence-corrected chi connectivity index (χ2v) is 7.28. The van der Waals surface area contributed by atoms with Gasteiger partial charge in [0.25, 0.3) is 0 Å². The Morgan fingerprint density at radius 3 is 2.93 bits per heavy atom. The highest BCUT2D eigenvalue weighted by Gasteiger charge is 2.31. The number of carbonyl (C=O) groups excluding carboxylic acids is 1. The van der Waals surface area contributed by atoms with E-state index in [1.165, 1.54) is 10.8 Å². The number of hydrogen-bond acceptors (Lipinski definition) is 6. The molecule has 1 aromatic carbocycles. The lowest BCUT2D eigenvalue weighted by atomic mass is 10.0. The molecular weight excluding hydrogens is 384 g/mol. The van der Waals surface area contributed by atoms with Gasteiger partial charge in [-0.15, -0.1) is 0 Å². The van der Waals surface area contributed by atoms with E-state index in [-0.39, 0.29) is 18.5 Å². The first kappa shape index (κ1) is 19.9. The highest BCUT2D eigenvalue weighted by molar-refractivity contribution is 5.76. The largest absolute Gasteiger partial charge is 0.496 e. The quantitative estimate of drug-likeness (QED) is 0.623. The summed E-state index contributed by atoms with van der Waals surface area (Å²) in [5.74, 6) is 1.91. The van der Waals surface area contributed by atoms with Crippen LogP contribution in [0, 0.1) is 0 Å². The number of ether oxygens (including phenoxy) is 1. The third kappa shape index (κ3) is 4.27. The van der Waals surface area contributed by atoms with E-state index in [1.807, 2.05) is 24.3 Å². The molecule has 1 fully saturated rings. The van der Waals surface area contributed by atoms with Crippen LogP contribution in [-0.2, 0) is 17.8 Å². The van der Waals surface area contributed by atoms with Gasteiger partial charge in [-0.2, -0.15) is 0 Å². The summed E-state index contributed by atoms with van der Waals surface area (Å²) in [6, 6.07) is 9.19. The molecule has 1 aliphatic heterocycles. The van der Waals surface area contributed by atoms with Crippen molar-refractivity contribution in [1.82, 2.24) is 19.4 Å². The van der Waals surface area contributed by atoms with Crippen molar-refractivity contribution in [3.05, 3.63) is 76.6 Å². The van der Waals surface area contributed by atoms with E-state index in [4.69, 9.17) is 9.15 Å². The highest BCUT2D eigenvalue weighted by Crippen LogP contribution is 2.31. The van der Waals surface area contributed by atoms with Crippen LogP contribution < -0.4 is 10.4 Å². The normalized spacial score (nSPS) is 16.4. The van der Waals surface area contributed by atoms with Crippen molar-refractivity contribution in [1.29, 1.82) is 0 Å². The number of piperidine rings is 1. The summed E-state index contributed by atoms with van der Waals surface area (Å²) in [5.41, 5.74) is 0.574. The molecule has 0 aliphatic carbocycles. The molecule has 0 saturated carbocycles. The number of aromatic nitrogens is 3. The Hall–Kier alpha value is -3.42. The van der Waals surface area contributed by atoms with Crippen molar-refractivity contribution < 1.29 is 13.9 Å². The average Bonchev–Trinajstić information content (AvgIpc) is 3.24. The zero-order chi connectivity index (χ0) is 20.9. The van der Waals surface area contributed by atoms with Crippen LogP contribution >= 0.6 is 0 Å². The van der Waals surface area contributed by atoms with Crippen molar-refractivity contribution >= 4 is 5.91 Å². The van der Waals surface area contributed by atoms with E-state index < -0.39 is 5.69 Å². The summed E-state index contributed by atoms with van der Waals surface area (Å²) < 4.78 is 12.8. The Balaban J connectivity index is 1.51. The van der Waals surface area contributed by atoms with E-state index in [0.717, 1.165) is 36.3 Å². The van der Waals surface area contributed by atoms with Gasteiger partial charge in [-0.25, -0.2) is 14.8 Å². The highest BCUT2D eigenvalue weighted by atomic mass is 16.5. The number of para-hydroxylation sites is 1. The fraction of sp³-hybridized carbons (Fsp3) is 0.364. The van der Waals surface area contributed by atoms with Gasteiger partial charge in [-0.05, 0) is 31.4 Å². The van der Waals surface area contributed by atoms with Gasteiger partial charge in [0.05, 0.1) is 13.3 Å². The first-order valence-corrected chi connectivity index (χ1v) is 10.0. The molecule has 0 radical (unpaired) electrons. The number of hydrogen-bond donors (Lipinski definition) is 0. The predicted molar refractivity (Wildman–Crippen MR) is 109 cm³/mol. The van der Waals surface area contributed by atoms with Gasteiger partial charge in [0.2, 0.25) is 11.8 Å². The van der Waals surface area contributed by atoms with Gasteiger partial charge >= 0.3 is 5.69 Å². The van der Waals surface area contributed by atoms with Gasteiger partial charge in [0.15, 0.2) is 0 Å². The first-order valence-electron chi connectivity index (χ1n) is 10.0. The molecule has 1 saturated heterocycles. The Kier molecular flexibility index (Phi) is 5.92. The van der Waals surface area contributed by atoms with Crippen molar-refractivity contribution in [2.24, 2.45) is 0 Å². The van der Waals surface area contributed by atoms with Crippen LogP contribution in [-0.4, -0.2) is 39.0 Å². The second kappa shape index (κ2) is 8.94. The number of methoxy groups -OCH3 is 1. The predicted octanol–water partition coefficient (Wildman–Crippen LogP) is 2.58. The van der Waals surface area contributed by atoms with E-state index >= 15 is 0 Å². The van der Waals surface area contributed by atoms with Crippen LogP contribution in [0.3, 0.4) is 0 Å². The smallest absolute Gasteiger partial charge is 0.347 e. The fourth-order valence-electron chi connectivity index (χ4n) is 3.83. The van der Waals surface area contributed by atoms with Crippen molar-refractivity contribution in [3.8, 4) is 5.75 Å². The number of amides is 1. The maximum absolute atomic E-state index is 12.9. The molecular formula is C22H24N4O4. The van der Waals surface area contributed by atoms with Crippen molar-refractivity contribution in [2.45, 2.75) is 38.3 Å². The monoisotopic (exact) mass is 408 g/mol. The van der Waals surface area contributed by atoms with Gasteiger partial charge in [-0.3, -0.25) is 9.36 Å². The minimum Gasteiger partial charge on any atom is -0.496 e. The molecule has 3 heterocycles. The van der Waals surface area contributed by atoms with Crippen LogP contribution in [0.5, 0.6) is 5.75 Å². The third-order valence-corrected chi connectivity index (χ3v) is 5.33. The molecule has 4 rings (SSSR count). The Labute approximate surface area is 174 Å². The lowest BCUT2D eigenvalue weighted by Gasteiger charge is -2.33. The number of likely N-dealkylation sites (tertiary alicyclic amines) is 1. The molecule has 1 aliphatic rings. The molecule has 1 atom stereocenters. The van der Waals surface area contributed by atoms with Gasteiger partial charge in [0, 0.05) is 30.9 Å². The summed E-state index contributed by atoms with van der Waals surface area (Å²) in [7, 11) is 1.64. The Morgan fingerprint density at radius 2 is 2.10 bits per heavy atom. The minimum atomic E-state index is -0.436. The molecule has 156 valence electrons. The molecule has 1 amide bonds. The number of oxazole rings is 1. The molecule has 0 spiro atoms. The number of nitrogens with zero attached hydrogens (tertiary/aromatic N) is 4. The van der Waals surface area contributed by atoms with Crippen LogP contribution in [0.2, 0.25) is 0 Å². The fourth-order valence-corrected chi connectivity index (χ4v) is 3.83. The number of benzene rings is 1.